The summed E-state index contributed by atoms with van der Waals surface area (Å²) in [5.74, 6) is 1.26. The third-order valence-electron chi connectivity index (χ3n) is 4.89. The summed E-state index contributed by atoms with van der Waals surface area (Å²) >= 11 is 6.38. The molecule has 0 fully saturated rings. The van der Waals surface area contributed by atoms with Crippen LogP contribution in [0.5, 0.6) is 0 Å². The molecule has 0 aliphatic heterocycles. The molecule has 1 heterocycles. The standard InChI is InChI=1S/C22H34NOS.CH3Cl/c1-16(2)20(13-22(4,5)6)19-9-7-18(8-10-19)14-23-15-25-21(11-12-24)17(23)3;1-2/h7-10,15-16,20,24H,11-14H2,1-6H3;1H3/q+1;. The molecule has 1 atom stereocenters. The molecular formula is C23H37ClNOS+. The molecule has 1 unspecified atom stereocenters. The average molecular weight is 411 g/mol. The van der Waals surface area contributed by atoms with Crippen LogP contribution in [0.25, 0.3) is 0 Å². The van der Waals surface area contributed by atoms with Crippen molar-refractivity contribution in [2.75, 3.05) is 13.0 Å². The molecule has 0 radical (unpaired) electrons. The normalized spacial score (nSPS) is 12.7. The zero-order valence-electron chi connectivity index (χ0n) is 18.1. The monoisotopic (exact) mass is 410 g/mol. The number of aliphatic hydroxyl groups excluding tert-OH is 1. The lowest BCUT2D eigenvalue weighted by Gasteiger charge is -2.29. The Morgan fingerprint density at radius 1 is 1.11 bits per heavy atom. The Morgan fingerprint density at radius 3 is 2.19 bits per heavy atom. The van der Waals surface area contributed by atoms with Crippen molar-refractivity contribution in [1.29, 1.82) is 0 Å². The van der Waals surface area contributed by atoms with Gasteiger partial charge in [-0.3, -0.25) is 0 Å². The van der Waals surface area contributed by atoms with Gasteiger partial charge in [0, 0.05) is 31.9 Å². The fraction of sp³-hybridized carbons (Fsp3) is 0.609. The first-order valence-corrected chi connectivity index (χ1v) is 11.4. The molecule has 27 heavy (non-hydrogen) atoms. The zero-order valence-corrected chi connectivity index (χ0v) is 19.6. The SMILES string of the molecule is CCl.Cc1c(CCO)sc[n+]1Cc1ccc(C(CC(C)(C)C)C(C)C)cc1. The number of benzene rings is 1. The molecule has 0 saturated heterocycles. The van der Waals surface area contributed by atoms with Crippen molar-refractivity contribution in [1.82, 2.24) is 0 Å². The van der Waals surface area contributed by atoms with Gasteiger partial charge < -0.3 is 5.11 Å². The minimum atomic E-state index is 0.223. The van der Waals surface area contributed by atoms with Crippen LogP contribution >= 0.6 is 22.9 Å². The number of aromatic nitrogens is 1. The molecule has 2 rings (SSSR count). The summed E-state index contributed by atoms with van der Waals surface area (Å²) in [5, 5.41) is 9.15. The van der Waals surface area contributed by atoms with Crippen LogP contribution in [0, 0.1) is 18.3 Å². The highest BCUT2D eigenvalue weighted by Crippen LogP contribution is 2.36. The fourth-order valence-electron chi connectivity index (χ4n) is 3.41. The summed E-state index contributed by atoms with van der Waals surface area (Å²) in [6, 6.07) is 9.21. The smallest absolute Gasteiger partial charge is 0.225 e. The summed E-state index contributed by atoms with van der Waals surface area (Å²) in [7, 11) is 0. The third-order valence-corrected chi connectivity index (χ3v) is 6.04. The van der Waals surface area contributed by atoms with E-state index < -0.39 is 0 Å². The predicted octanol–water partition coefficient (Wildman–Crippen LogP) is 5.96. The van der Waals surface area contributed by atoms with E-state index in [0.717, 1.165) is 13.0 Å². The van der Waals surface area contributed by atoms with Gasteiger partial charge in [0.25, 0.3) is 0 Å². The quantitative estimate of drug-likeness (QED) is 0.442. The number of rotatable bonds is 7. The summed E-state index contributed by atoms with van der Waals surface area (Å²) in [5.41, 5.74) is 6.59. The maximum atomic E-state index is 9.15. The van der Waals surface area contributed by atoms with Crippen molar-refractivity contribution in [3.05, 3.63) is 51.5 Å². The van der Waals surface area contributed by atoms with Crippen LogP contribution in [-0.2, 0) is 13.0 Å². The lowest BCUT2D eigenvalue weighted by Crippen LogP contribution is -2.35. The Bertz CT molecular complexity index is 671. The highest BCUT2D eigenvalue weighted by molar-refractivity contribution is 7.09. The van der Waals surface area contributed by atoms with E-state index >= 15 is 0 Å². The van der Waals surface area contributed by atoms with Gasteiger partial charge in [-0.25, -0.2) is 0 Å². The average Bonchev–Trinajstić information content (AvgIpc) is 2.95. The Kier molecular flexibility index (Phi) is 10.0. The largest absolute Gasteiger partial charge is 0.396 e. The summed E-state index contributed by atoms with van der Waals surface area (Å²) in [6.45, 7) is 14.9. The Balaban J connectivity index is 0.00000176. The van der Waals surface area contributed by atoms with Crippen molar-refractivity contribution < 1.29 is 9.67 Å². The van der Waals surface area contributed by atoms with Gasteiger partial charge in [0.1, 0.15) is 0 Å². The maximum Gasteiger partial charge on any atom is 0.225 e. The van der Waals surface area contributed by atoms with Crippen molar-refractivity contribution >= 4 is 22.9 Å². The number of hydrogen-bond donors (Lipinski definition) is 1. The molecular weight excluding hydrogens is 374 g/mol. The van der Waals surface area contributed by atoms with E-state index in [-0.39, 0.29) is 6.61 Å². The molecule has 4 heteroatoms. The van der Waals surface area contributed by atoms with E-state index in [9.17, 15) is 0 Å². The van der Waals surface area contributed by atoms with E-state index in [4.69, 9.17) is 5.11 Å². The summed E-state index contributed by atoms with van der Waals surface area (Å²) in [4.78, 5) is 1.28. The second-order valence-corrected chi connectivity index (χ2v) is 9.63. The highest BCUT2D eigenvalue weighted by atomic mass is 35.5. The van der Waals surface area contributed by atoms with Gasteiger partial charge in [-0.15, -0.1) is 11.6 Å². The number of thiazole rings is 1. The first kappa shape index (κ1) is 24.1. The van der Waals surface area contributed by atoms with E-state index in [1.807, 2.05) is 0 Å². The summed E-state index contributed by atoms with van der Waals surface area (Å²) < 4.78 is 2.29. The first-order valence-electron chi connectivity index (χ1n) is 9.75. The maximum absolute atomic E-state index is 9.15. The number of hydrogen-bond acceptors (Lipinski definition) is 2. The second kappa shape index (κ2) is 11.2. The van der Waals surface area contributed by atoms with Crippen LogP contribution in [-0.4, -0.2) is 18.1 Å². The predicted molar refractivity (Wildman–Crippen MR) is 119 cm³/mol. The molecule has 0 amide bonds. The molecule has 152 valence electrons. The van der Waals surface area contributed by atoms with E-state index in [0.29, 0.717) is 17.3 Å². The number of alkyl halides is 1. The number of aliphatic hydroxyl groups is 1. The van der Waals surface area contributed by atoms with Crippen molar-refractivity contribution in [2.45, 2.75) is 66.8 Å². The summed E-state index contributed by atoms with van der Waals surface area (Å²) in [6.07, 6.45) is 3.44. The third kappa shape index (κ3) is 7.56. The van der Waals surface area contributed by atoms with E-state index in [1.54, 1.807) is 11.3 Å². The van der Waals surface area contributed by atoms with Crippen LogP contribution in [0.2, 0.25) is 0 Å². The van der Waals surface area contributed by atoms with Gasteiger partial charge >= 0.3 is 0 Å². The lowest BCUT2D eigenvalue weighted by atomic mass is 9.76. The van der Waals surface area contributed by atoms with Crippen LogP contribution in [0.15, 0.2) is 29.8 Å². The van der Waals surface area contributed by atoms with Gasteiger partial charge in [0.15, 0.2) is 12.2 Å². The molecule has 1 aromatic carbocycles. The molecule has 0 aliphatic carbocycles. The number of nitrogens with zero attached hydrogens (tertiary/aromatic N) is 1. The number of halogens is 1. The molecule has 1 aromatic heterocycles. The topological polar surface area (TPSA) is 24.1 Å². The first-order chi connectivity index (χ1) is 12.7. The van der Waals surface area contributed by atoms with Gasteiger partial charge in [0.05, 0.1) is 4.88 Å². The zero-order chi connectivity index (χ0) is 20.6. The van der Waals surface area contributed by atoms with E-state index in [1.165, 1.54) is 34.5 Å². The van der Waals surface area contributed by atoms with Gasteiger partial charge in [0.2, 0.25) is 5.51 Å². The molecule has 0 bridgehead atoms. The van der Waals surface area contributed by atoms with Gasteiger partial charge in [-0.1, -0.05) is 70.2 Å². The van der Waals surface area contributed by atoms with Crippen LogP contribution in [0.3, 0.4) is 0 Å². The highest BCUT2D eigenvalue weighted by Gasteiger charge is 2.23. The molecule has 2 aromatic rings. The van der Waals surface area contributed by atoms with Crippen molar-refractivity contribution in [2.24, 2.45) is 11.3 Å². The fourth-order valence-corrected chi connectivity index (χ4v) is 4.40. The molecule has 0 saturated carbocycles. The van der Waals surface area contributed by atoms with Crippen molar-refractivity contribution in [3.63, 3.8) is 0 Å². The van der Waals surface area contributed by atoms with Crippen LogP contribution in [0.1, 0.15) is 68.7 Å². The minimum Gasteiger partial charge on any atom is -0.396 e. The minimum absolute atomic E-state index is 0.223. The Labute approximate surface area is 175 Å². The van der Waals surface area contributed by atoms with Gasteiger partial charge in [-0.2, -0.15) is 4.57 Å². The van der Waals surface area contributed by atoms with Crippen LogP contribution < -0.4 is 4.57 Å². The van der Waals surface area contributed by atoms with E-state index in [2.05, 4.69) is 87.5 Å². The Hall–Kier alpha value is -0.900. The Morgan fingerprint density at radius 2 is 1.70 bits per heavy atom. The van der Waals surface area contributed by atoms with Crippen molar-refractivity contribution in [3.8, 4) is 0 Å². The molecule has 1 N–H and O–H groups in total. The van der Waals surface area contributed by atoms with Gasteiger partial charge in [-0.05, 0) is 29.2 Å². The molecule has 0 spiro atoms. The lowest BCUT2D eigenvalue weighted by molar-refractivity contribution is -0.689. The molecule has 2 nitrogen and oxygen atoms in total. The second-order valence-electron chi connectivity index (χ2n) is 8.69. The van der Waals surface area contributed by atoms with Crippen LogP contribution in [0.4, 0.5) is 0 Å². The molecule has 0 aliphatic rings.